The number of rotatable bonds is 7. The molecule has 0 aliphatic rings. The van der Waals surface area contributed by atoms with Gasteiger partial charge in [0.1, 0.15) is 0 Å². The van der Waals surface area contributed by atoms with Crippen molar-refractivity contribution in [2.75, 3.05) is 25.5 Å². The zero-order valence-electron chi connectivity index (χ0n) is 13.9. The van der Waals surface area contributed by atoms with Gasteiger partial charge in [-0.1, -0.05) is 30.1 Å². The number of amides is 2. The third-order valence-electron chi connectivity index (χ3n) is 3.49. The van der Waals surface area contributed by atoms with E-state index in [2.05, 4.69) is 10.6 Å². The number of carbonyl (C=O) groups excluding carboxylic acids is 2. The Kier molecular flexibility index (Phi) is 7.32. The van der Waals surface area contributed by atoms with E-state index in [1.54, 1.807) is 25.2 Å². The van der Waals surface area contributed by atoms with Gasteiger partial charge in [0, 0.05) is 11.2 Å². The number of likely N-dealkylation sites (N-methyl/N-ethyl adjacent to an activating group) is 1. The summed E-state index contributed by atoms with van der Waals surface area (Å²) in [4.78, 5) is 24.8. The van der Waals surface area contributed by atoms with Crippen molar-refractivity contribution >= 4 is 40.7 Å². The van der Waals surface area contributed by atoms with Gasteiger partial charge < -0.3 is 15.5 Å². The van der Waals surface area contributed by atoms with Crippen LogP contribution in [-0.2, 0) is 9.59 Å². The first-order chi connectivity index (χ1) is 10.6. The minimum absolute atomic E-state index is 0.0725. The van der Waals surface area contributed by atoms with Crippen molar-refractivity contribution in [2.24, 2.45) is 0 Å². The molecule has 3 N–H and O–H groups in total. The van der Waals surface area contributed by atoms with Crippen molar-refractivity contribution in [3.63, 3.8) is 0 Å². The van der Waals surface area contributed by atoms with Crippen LogP contribution in [0.2, 0.25) is 10.0 Å². The molecule has 0 heterocycles. The molecule has 1 rings (SSSR count). The molecule has 23 heavy (non-hydrogen) atoms. The third kappa shape index (κ3) is 7.20. The fraction of sp³-hybridized carbons (Fsp3) is 0.500. The van der Waals surface area contributed by atoms with Crippen molar-refractivity contribution in [2.45, 2.75) is 32.7 Å². The lowest BCUT2D eigenvalue weighted by Gasteiger charge is -2.25. The molecule has 0 spiro atoms. The van der Waals surface area contributed by atoms with Gasteiger partial charge in [0.15, 0.2) is 13.1 Å². The summed E-state index contributed by atoms with van der Waals surface area (Å²) in [5.41, 5.74) is 0.341. The Morgan fingerprint density at radius 3 is 2.30 bits per heavy atom. The number of carbonyl (C=O) groups is 2. The first kappa shape index (κ1) is 19.7. The largest absolute Gasteiger partial charge is 0.346 e. The Morgan fingerprint density at radius 2 is 1.74 bits per heavy atom. The minimum atomic E-state index is -0.236. The normalized spacial score (nSPS) is 12.6. The zero-order chi connectivity index (χ0) is 17.6. The van der Waals surface area contributed by atoms with Gasteiger partial charge in [-0.05, 0) is 38.5 Å². The summed E-state index contributed by atoms with van der Waals surface area (Å²) in [5, 5.41) is 6.50. The van der Waals surface area contributed by atoms with Gasteiger partial charge in [-0.3, -0.25) is 9.59 Å². The molecule has 0 aliphatic heterocycles. The van der Waals surface area contributed by atoms with Gasteiger partial charge in [-0.2, -0.15) is 0 Å². The van der Waals surface area contributed by atoms with Crippen LogP contribution in [0.5, 0.6) is 0 Å². The number of hydrogen-bond acceptors (Lipinski definition) is 2. The van der Waals surface area contributed by atoms with E-state index >= 15 is 0 Å². The van der Waals surface area contributed by atoms with Crippen molar-refractivity contribution in [1.29, 1.82) is 0 Å². The molecular weight excluding hydrogens is 337 g/mol. The zero-order valence-corrected chi connectivity index (χ0v) is 15.4. The van der Waals surface area contributed by atoms with Crippen molar-refractivity contribution in [3.05, 3.63) is 28.2 Å². The molecule has 128 valence electrons. The summed E-state index contributed by atoms with van der Waals surface area (Å²) in [7, 11) is 1.80. The molecule has 0 saturated heterocycles. The Hall–Kier alpha value is -1.30. The molecule has 7 heteroatoms. The van der Waals surface area contributed by atoms with E-state index in [0.29, 0.717) is 15.7 Å². The second kappa shape index (κ2) is 8.52. The maximum absolute atomic E-state index is 12.0. The summed E-state index contributed by atoms with van der Waals surface area (Å²) < 4.78 is 0. The van der Waals surface area contributed by atoms with Crippen LogP contribution in [0.25, 0.3) is 0 Å². The quantitative estimate of drug-likeness (QED) is 0.693. The van der Waals surface area contributed by atoms with Gasteiger partial charge in [-0.25, -0.2) is 0 Å². The van der Waals surface area contributed by atoms with E-state index in [1.807, 2.05) is 20.8 Å². The smallest absolute Gasteiger partial charge is 0.279 e. The van der Waals surface area contributed by atoms with Crippen LogP contribution < -0.4 is 15.5 Å². The molecule has 1 aromatic rings. The molecule has 0 saturated carbocycles. The highest BCUT2D eigenvalue weighted by molar-refractivity contribution is 6.42. The second-order valence-electron chi connectivity index (χ2n) is 6.27. The topological polar surface area (TPSA) is 62.6 Å². The van der Waals surface area contributed by atoms with Crippen molar-refractivity contribution in [3.8, 4) is 0 Å². The number of anilines is 1. The third-order valence-corrected chi connectivity index (χ3v) is 4.23. The summed E-state index contributed by atoms with van der Waals surface area (Å²) >= 11 is 11.7. The van der Waals surface area contributed by atoms with Crippen LogP contribution in [0, 0.1) is 0 Å². The minimum Gasteiger partial charge on any atom is -0.346 e. The van der Waals surface area contributed by atoms with Gasteiger partial charge in [-0.15, -0.1) is 0 Å². The first-order valence-electron chi connectivity index (χ1n) is 7.50. The molecule has 0 fully saturated rings. The Morgan fingerprint density at radius 1 is 1.13 bits per heavy atom. The van der Waals surface area contributed by atoms with Crippen LogP contribution in [0.3, 0.4) is 0 Å². The Balaban J connectivity index is 2.47. The molecule has 5 nitrogen and oxygen atoms in total. The standard InChI is InChI=1S/C16H23Cl2N3O2/c1-5-16(2,3)20-15(23)10-21(4)9-14(22)19-11-6-7-12(17)13(18)8-11/h6-8H,5,9-10H2,1-4H3,(H,19,22)(H,20,23)/p+1. The van der Waals surface area contributed by atoms with E-state index < -0.39 is 0 Å². The first-order valence-corrected chi connectivity index (χ1v) is 8.26. The average Bonchev–Trinajstić information content (AvgIpc) is 2.41. The summed E-state index contributed by atoms with van der Waals surface area (Å²) in [6, 6.07) is 4.89. The van der Waals surface area contributed by atoms with Gasteiger partial charge in [0.25, 0.3) is 11.8 Å². The monoisotopic (exact) mass is 360 g/mol. The maximum Gasteiger partial charge on any atom is 0.279 e. The molecule has 0 aliphatic carbocycles. The second-order valence-corrected chi connectivity index (χ2v) is 7.09. The molecule has 1 unspecified atom stereocenters. The molecule has 0 radical (unpaired) electrons. The van der Waals surface area contributed by atoms with E-state index in [0.717, 1.165) is 11.3 Å². The van der Waals surface area contributed by atoms with Crippen LogP contribution in [0.15, 0.2) is 18.2 Å². The lowest BCUT2D eigenvalue weighted by Crippen LogP contribution is -3.11. The Bertz CT molecular complexity index is 576. The van der Waals surface area contributed by atoms with Crippen molar-refractivity contribution in [1.82, 2.24) is 5.32 Å². The SMILES string of the molecule is CCC(C)(C)NC(=O)C[NH+](C)CC(=O)Nc1ccc(Cl)c(Cl)c1. The fourth-order valence-electron chi connectivity index (χ4n) is 1.90. The van der Waals surface area contributed by atoms with Gasteiger partial charge in [0.2, 0.25) is 0 Å². The molecule has 0 bridgehead atoms. The number of halogens is 2. The predicted molar refractivity (Wildman–Crippen MR) is 94.2 cm³/mol. The van der Waals surface area contributed by atoms with Crippen LogP contribution in [0.4, 0.5) is 5.69 Å². The lowest BCUT2D eigenvalue weighted by atomic mass is 10.0. The summed E-state index contributed by atoms with van der Waals surface area (Å²) in [6.07, 6.45) is 0.843. The Labute approximate surface area is 147 Å². The molecule has 2 amide bonds. The lowest BCUT2D eigenvalue weighted by molar-refractivity contribution is -0.862. The fourth-order valence-corrected chi connectivity index (χ4v) is 2.20. The van der Waals surface area contributed by atoms with E-state index in [-0.39, 0.29) is 30.4 Å². The summed E-state index contributed by atoms with van der Waals surface area (Å²) in [5.74, 6) is -0.264. The number of hydrogen-bond donors (Lipinski definition) is 3. The molecule has 0 aromatic heterocycles. The van der Waals surface area contributed by atoms with Crippen LogP contribution >= 0.6 is 23.2 Å². The van der Waals surface area contributed by atoms with Gasteiger partial charge in [0.05, 0.1) is 17.1 Å². The van der Waals surface area contributed by atoms with Crippen LogP contribution in [-0.4, -0.2) is 37.5 Å². The molecular formula is C16H24Cl2N3O2+. The number of nitrogens with one attached hydrogen (secondary N) is 3. The maximum atomic E-state index is 12.0. The van der Waals surface area contributed by atoms with Crippen LogP contribution in [0.1, 0.15) is 27.2 Å². The highest BCUT2D eigenvalue weighted by atomic mass is 35.5. The molecule has 1 aromatic carbocycles. The van der Waals surface area contributed by atoms with Crippen molar-refractivity contribution < 1.29 is 14.5 Å². The van der Waals surface area contributed by atoms with E-state index in [1.165, 1.54) is 0 Å². The molecule has 1 atom stereocenters. The van der Waals surface area contributed by atoms with E-state index in [4.69, 9.17) is 23.2 Å². The summed E-state index contributed by atoms with van der Waals surface area (Å²) in [6.45, 7) is 6.37. The van der Waals surface area contributed by atoms with E-state index in [9.17, 15) is 9.59 Å². The predicted octanol–water partition coefficient (Wildman–Crippen LogP) is 1.75. The number of quaternary nitrogens is 1. The highest BCUT2D eigenvalue weighted by Gasteiger charge is 2.21. The highest BCUT2D eigenvalue weighted by Crippen LogP contribution is 2.24. The number of benzene rings is 1. The average molecular weight is 361 g/mol. The van der Waals surface area contributed by atoms with Gasteiger partial charge >= 0.3 is 0 Å².